The Morgan fingerprint density at radius 3 is 2.52 bits per heavy atom. The predicted molar refractivity (Wildman–Crippen MR) is 133 cm³/mol. The number of rotatable bonds is 13. The minimum atomic E-state index is -0.382. The van der Waals surface area contributed by atoms with Gasteiger partial charge < -0.3 is 14.6 Å². The van der Waals surface area contributed by atoms with Gasteiger partial charge in [-0.05, 0) is 49.7 Å². The maximum absolute atomic E-state index is 10.6. The van der Waals surface area contributed by atoms with Gasteiger partial charge in [-0.3, -0.25) is 4.90 Å². The molecule has 0 spiro atoms. The fourth-order valence-electron chi connectivity index (χ4n) is 3.69. The summed E-state index contributed by atoms with van der Waals surface area (Å²) in [5.74, 6) is 1.34. The van der Waals surface area contributed by atoms with Gasteiger partial charge in [0.15, 0.2) is 0 Å². The first-order valence-electron chi connectivity index (χ1n) is 11.5. The summed E-state index contributed by atoms with van der Waals surface area (Å²) in [6.07, 6.45) is 2.48. The highest BCUT2D eigenvalue weighted by molar-refractivity contribution is 6.30. The summed E-state index contributed by atoms with van der Waals surface area (Å²) >= 11 is 6.06. The molecule has 1 heterocycles. The van der Waals surface area contributed by atoms with E-state index in [1.54, 1.807) is 7.11 Å². The van der Waals surface area contributed by atoms with E-state index in [4.69, 9.17) is 26.2 Å². The number of aryl methyl sites for hydroxylation is 1. The van der Waals surface area contributed by atoms with Crippen molar-refractivity contribution in [3.8, 4) is 17.3 Å². The van der Waals surface area contributed by atoms with Crippen LogP contribution in [0.1, 0.15) is 37.4 Å². The lowest BCUT2D eigenvalue weighted by Gasteiger charge is -2.25. The first-order valence-corrected chi connectivity index (χ1v) is 11.9. The monoisotopic (exact) mass is 471 g/mol. The highest BCUT2D eigenvalue weighted by atomic mass is 35.5. The molecule has 1 aromatic heterocycles. The molecule has 3 rings (SSSR count). The minimum Gasteiger partial charge on any atom is -0.439 e. The lowest BCUT2D eigenvalue weighted by atomic mass is 10.1. The Labute approximate surface area is 201 Å². The van der Waals surface area contributed by atoms with Gasteiger partial charge in [0.25, 0.3) is 0 Å². The van der Waals surface area contributed by atoms with Crippen molar-refractivity contribution in [1.82, 2.24) is 14.7 Å². The molecule has 0 saturated heterocycles. The largest absolute Gasteiger partial charge is 0.439 e. The summed E-state index contributed by atoms with van der Waals surface area (Å²) in [7, 11) is 1.69. The average Bonchev–Trinajstić information content (AvgIpc) is 3.13. The topological polar surface area (TPSA) is 59.8 Å². The van der Waals surface area contributed by atoms with Gasteiger partial charge in [-0.1, -0.05) is 49.6 Å². The molecule has 33 heavy (non-hydrogen) atoms. The number of aromatic nitrogens is 2. The molecule has 3 aromatic rings. The van der Waals surface area contributed by atoms with Gasteiger partial charge in [0.2, 0.25) is 5.88 Å². The second kappa shape index (κ2) is 12.8. The number of aliphatic hydroxyl groups excluding tert-OH is 1. The van der Waals surface area contributed by atoms with E-state index in [0.717, 1.165) is 36.2 Å². The Morgan fingerprint density at radius 2 is 1.85 bits per heavy atom. The van der Waals surface area contributed by atoms with Gasteiger partial charge in [0, 0.05) is 31.8 Å². The molecule has 0 saturated carbocycles. The molecular formula is C26H34ClN3O3. The van der Waals surface area contributed by atoms with E-state index in [1.807, 2.05) is 66.2 Å². The number of aliphatic hydroxyl groups is 1. The van der Waals surface area contributed by atoms with Gasteiger partial charge in [-0.25, -0.2) is 4.68 Å². The SMILES string of the molecule is CCCC[C@@H](O)CN(CCOC)Cc1c(C)nn(-c2ccccc2)c1Oc1ccc(Cl)cc1. The van der Waals surface area contributed by atoms with E-state index in [9.17, 15) is 5.11 Å². The quantitative estimate of drug-likeness (QED) is 0.350. The zero-order chi connectivity index (χ0) is 23.6. The highest BCUT2D eigenvalue weighted by Gasteiger charge is 2.22. The molecule has 0 bridgehead atoms. The molecule has 1 N–H and O–H groups in total. The van der Waals surface area contributed by atoms with Crippen molar-refractivity contribution < 1.29 is 14.6 Å². The molecule has 7 heteroatoms. The third kappa shape index (κ3) is 7.30. The Morgan fingerprint density at radius 1 is 1.12 bits per heavy atom. The molecule has 0 aliphatic rings. The van der Waals surface area contributed by atoms with Gasteiger partial charge >= 0.3 is 0 Å². The first kappa shape index (κ1) is 25.2. The number of unbranched alkanes of at least 4 members (excludes halogenated alkanes) is 1. The van der Waals surface area contributed by atoms with Crippen molar-refractivity contribution in [2.24, 2.45) is 0 Å². The molecular weight excluding hydrogens is 438 g/mol. The van der Waals surface area contributed by atoms with Crippen molar-refractivity contribution in [3.05, 3.63) is 70.9 Å². The van der Waals surface area contributed by atoms with E-state index >= 15 is 0 Å². The molecule has 0 unspecified atom stereocenters. The van der Waals surface area contributed by atoms with E-state index < -0.39 is 0 Å². The standard InChI is InChI=1S/C26H34ClN3O3/c1-4-5-11-23(31)18-29(16-17-32-3)19-25-20(2)28-30(22-9-7-6-8-10-22)26(25)33-24-14-12-21(27)13-15-24/h6-10,12-15,23,31H,4-5,11,16-19H2,1-3H3/t23-/m1/s1. The van der Waals surface area contributed by atoms with Crippen LogP contribution in [-0.2, 0) is 11.3 Å². The lowest BCUT2D eigenvalue weighted by Crippen LogP contribution is -2.34. The molecule has 178 valence electrons. The molecule has 6 nitrogen and oxygen atoms in total. The van der Waals surface area contributed by atoms with Crippen LogP contribution < -0.4 is 4.74 Å². The number of para-hydroxylation sites is 1. The zero-order valence-corrected chi connectivity index (χ0v) is 20.5. The summed E-state index contributed by atoms with van der Waals surface area (Å²) < 4.78 is 13.5. The molecule has 0 fully saturated rings. The Bertz CT molecular complexity index is 976. The van der Waals surface area contributed by atoms with E-state index in [0.29, 0.717) is 42.9 Å². The fraction of sp³-hybridized carbons (Fsp3) is 0.423. The maximum Gasteiger partial charge on any atom is 0.227 e. The number of hydrogen-bond acceptors (Lipinski definition) is 5. The van der Waals surface area contributed by atoms with Crippen LogP contribution in [0.15, 0.2) is 54.6 Å². The Balaban J connectivity index is 1.94. The molecule has 0 aliphatic heterocycles. The van der Waals surface area contributed by atoms with Gasteiger partial charge in [-0.2, -0.15) is 5.10 Å². The third-order valence-electron chi connectivity index (χ3n) is 5.52. The van der Waals surface area contributed by atoms with Crippen molar-refractivity contribution in [1.29, 1.82) is 0 Å². The molecule has 0 amide bonds. The number of hydrogen-bond donors (Lipinski definition) is 1. The van der Waals surface area contributed by atoms with E-state index in [2.05, 4.69) is 11.8 Å². The van der Waals surface area contributed by atoms with Crippen LogP contribution in [0.3, 0.4) is 0 Å². The molecule has 0 aliphatic carbocycles. The number of ether oxygens (including phenoxy) is 2. The Hall–Kier alpha value is -2.38. The number of benzene rings is 2. The van der Waals surface area contributed by atoms with Crippen LogP contribution in [-0.4, -0.2) is 52.7 Å². The van der Waals surface area contributed by atoms with Crippen LogP contribution in [0.2, 0.25) is 5.02 Å². The predicted octanol–water partition coefficient (Wildman–Crippen LogP) is 5.63. The number of nitrogens with zero attached hydrogens (tertiary/aromatic N) is 3. The number of halogens is 1. The smallest absolute Gasteiger partial charge is 0.227 e. The van der Waals surface area contributed by atoms with Gasteiger partial charge in [0.05, 0.1) is 29.7 Å². The van der Waals surface area contributed by atoms with Crippen LogP contribution >= 0.6 is 11.6 Å². The van der Waals surface area contributed by atoms with Crippen LogP contribution in [0.5, 0.6) is 11.6 Å². The van der Waals surface area contributed by atoms with Gasteiger partial charge in [-0.15, -0.1) is 0 Å². The second-order valence-electron chi connectivity index (χ2n) is 8.20. The lowest BCUT2D eigenvalue weighted by molar-refractivity contribution is 0.0786. The summed E-state index contributed by atoms with van der Waals surface area (Å²) in [6.45, 7) is 6.58. The summed E-state index contributed by atoms with van der Waals surface area (Å²) in [5.41, 5.74) is 2.78. The van der Waals surface area contributed by atoms with Crippen molar-refractivity contribution in [2.75, 3.05) is 26.8 Å². The average molecular weight is 472 g/mol. The summed E-state index contributed by atoms with van der Waals surface area (Å²) in [4.78, 5) is 2.21. The first-order chi connectivity index (χ1) is 16.0. The molecule has 2 aromatic carbocycles. The van der Waals surface area contributed by atoms with Crippen LogP contribution in [0.4, 0.5) is 0 Å². The Kier molecular flexibility index (Phi) is 9.76. The normalized spacial score (nSPS) is 12.3. The minimum absolute atomic E-state index is 0.382. The summed E-state index contributed by atoms with van der Waals surface area (Å²) in [6, 6.07) is 17.3. The third-order valence-corrected chi connectivity index (χ3v) is 5.77. The molecule has 0 radical (unpaired) electrons. The summed E-state index contributed by atoms with van der Waals surface area (Å²) in [5, 5.41) is 16.0. The van der Waals surface area contributed by atoms with Crippen molar-refractivity contribution in [3.63, 3.8) is 0 Å². The van der Waals surface area contributed by atoms with Crippen LogP contribution in [0, 0.1) is 6.92 Å². The number of methoxy groups -OCH3 is 1. The highest BCUT2D eigenvalue weighted by Crippen LogP contribution is 2.32. The second-order valence-corrected chi connectivity index (χ2v) is 8.63. The maximum atomic E-state index is 10.6. The van der Waals surface area contributed by atoms with Gasteiger partial charge in [0.1, 0.15) is 5.75 Å². The zero-order valence-electron chi connectivity index (χ0n) is 19.7. The van der Waals surface area contributed by atoms with Crippen molar-refractivity contribution in [2.45, 2.75) is 45.8 Å². The van der Waals surface area contributed by atoms with Crippen molar-refractivity contribution >= 4 is 11.6 Å². The fourth-order valence-corrected chi connectivity index (χ4v) is 3.82. The van der Waals surface area contributed by atoms with E-state index in [1.165, 1.54) is 0 Å². The van der Waals surface area contributed by atoms with E-state index in [-0.39, 0.29) is 6.10 Å². The van der Waals surface area contributed by atoms with Crippen LogP contribution in [0.25, 0.3) is 5.69 Å². The molecule has 1 atom stereocenters.